The van der Waals surface area contributed by atoms with Crippen molar-refractivity contribution in [1.29, 1.82) is 5.26 Å². The smallest absolute Gasteiger partial charge is 0.179 e. The Kier molecular flexibility index (Phi) is 3.38. The number of ketones is 1. The number of nitrogens with zero attached hydrogens (tertiary/aromatic N) is 4. The average molecular weight is 350 g/mol. The van der Waals surface area contributed by atoms with Crippen molar-refractivity contribution < 1.29 is 9.90 Å². The quantitative estimate of drug-likeness (QED) is 0.871. The van der Waals surface area contributed by atoms with Gasteiger partial charge in [0.2, 0.25) is 0 Å². The van der Waals surface area contributed by atoms with Crippen LogP contribution >= 0.6 is 0 Å². The van der Waals surface area contributed by atoms with Gasteiger partial charge >= 0.3 is 0 Å². The van der Waals surface area contributed by atoms with E-state index < -0.39 is 0 Å². The van der Waals surface area contributed by atoms with Gasteiger partial charge < -0.3 is 14.9 Å². The minimum atomic E-state index is -0.295. The van der Waals surface area contributed by atoms with Crippen molar-refractivity contribution in [3.63, 3.8) is 0 Å². The lowest BCUT2D eigenvalue weighted by molar-refractivity contribution is -0.114. The highest BCUT2D eigenvalue weighted by Gasteiger charge is 2.45. The molecule has 1 spiro atoms. The van der Waals surface area contributed by atoms with Crippen molar-refractivity contribution in [3.8, 4) is 6.07 Å². The molecule has 5 rings (SSSR count). The Bertz CT molecular complexity index is 849. The number of piperidine rings is 1. The van der Waals surface area contributed by atoms with Gasteiger partial charge in [0.25, 0.3) is 0 Å². The summed E-state index contributed by atoms with van der Waals surface area (Å²) in [7, 11) is 0. The molecule has 1 N–H and O–H groups in total. The molecule has 0 radical (unpaired) electrons. The van der Waals surface area contributed by atoms with Gasteiger partial charge in [-0.1, -0.05) is 0 Å². The van der Waals surface area contributed by atoms with E-state index in [0.29, 0.717) is 24.1 Å². The predicted molar refractivity (Wildman–Crippen MR) is 96.2 cm³/mol. The van der Waals surface area contributed by atoms with Crippen molar-refractivity contribution in [2.75, 3.05) is 31.1 Å². The number of aliphatic hydroxyl groups excluding tert-OH is 1. The maximum Gasteiger partial charge on any atom is 0.179 e. The highest BCUT2D eigenvalue weighted by atomic mass is 16.3. The molecule has 134 valence electrons. The van der Waals surface area contributed by atoms with Crippen molar-refractivity contribution in [3.05, 3.63) is 29.0 Å². The number of carbonyl (C=O) groups is 1. The van der Waals surface area contributed by atoms with E-state index in [0.717, 1.165) is 48.6 Å². The van der Waals surface area contributed by atoms with E-state index >= 15 is 0 Å². The number of nitriles is 1. The van der Waals surface area contributed by atoms with Crippen LogP contribution in [0.3, 0.4) is 0 Å². The summed E-state index contributed by atoms with van der Waals surface area (Å²) in [5.41, 5.74) is 3.52. The summed E-state index contributed by atoms with van der Waals surface area (Å²) < 4.78 is 0. The van der Waals surface area contributed by atoms with Crippen LogP contribution in [0, 0.1) is 16.7 Å². The predicted octanol–water partition coefficient (Wildman–Crippen LogP) is 1.50. The van der Waals surface area contributed by atoms with Gasteiger partial charge in [-0.05, 0) is 42.7 Å². The Hall–Kier alpha value is -2.39. The first-order valence-corrected chi connectivity index (χ1v) is 9.43. The van der Waals surface area contributed by atoms with Gasteiger partial charge in [0, 0.05) is 44.4 Å². The molecule has 0 aromatic carbocycles. The summed E-state index contributed by atoms with van der Waals surface area (Å²) in [6.07, 6.45) is 6.67. The number of hydrogen-bond acceptors (Lipinski definition) is 6. The highest BCUT2D eigenvalue weighted by Crippen LogP contribution is 2.54. The van der Waals surface area contributed by atoms with Gasteiger partial charge in [0.15, 0.2) is 5.78 Å². The number of anilines is 1. The van der Waals surface area contributed by atoms with Gasteiger partial charge in [-0.3, -0.25) is 4.79 Å². The average Bonchev–Trinajstić information content (AvgIpc) is 3.37. The van der Waals surface area contributed by atoms with Crippen LogP contribution in [-0.4, -0.2) is 53.1 Å². The Labute approximate surface area is 152 Å². The summed E-state index contributed by atoms with van der Waals surface area (Å²) >= 11 is 0. The van der Waals surface area contributed by atoms with Crippen LogP contribution in [0.4, 0.5) is 5.82 Å². The van der Waals surface area contributed by atoms with E-state index in [-0.39, 0.29) is 18.3 Å². The van der Waals surface area contributed by atoms with E-state index in [1.807, 2.05) is 11.0 Å². The van der Waals surface area contributed by atoms with Gasteiger partial charge in [-0.15, -0.1) is 0 Å². The van der Waals surface area contributed by atoms with Crippen LogP contribution in [-0.2, 0) is 11.2 Å². The first kappa shape index (κ1) is 15.8. The van der Waals surface area contributed by atoms with Gasteiger partial charge in [0.05, 0.1) is 11.8 Å². The molecule has 4 aliphatic rings. The van der Waals surface area contributed by atoms with Crippen molar-refractivity contribution >= 4 is 17.3 Å². The molecule has 3 heterocycles. The Morgan fingerprint density at radius 1 is 1.19 bits per heavy atom. The molecule has 6 nitrogen and oxygen atoms in total. The fourth-order valence-electron chi connectivity index (χ4n) is 4.50. The number of rotatable bonds is 2. The summed E-state index contributed by atoms with van der Waals surface area (Å²) in [6, 6.07) is 4.18. The lowest BCUT2D eigenvalue weighted by Gasteiger charge is -2.39. The fraction of sp³-hybridized carbons (Fsp3) is 0.550. The molecule has 2 aliphatic carbocycles. The Balaban J connectivity index is 1.53. The first-order valence-electron chi connectivity index (χ1n) is 9.43. The van der Waals surface area contributed by atoms with Crippen LogP contribution < -0.4 is 4.90 Å². The van der Waals surface area contributed by atoms with Crippen LogP contribution in [0.15, 0.2) is 17.8 Å². The molecule has 0 unspecified atom stereocenters. The second kappa shape index (κ2) is 5.55. The van der Waals surface area contributed by atoms with E-state index in [9.17, 15) is 15.2 Å². The van der Waals surface area contributed by atoms with Crippen molar-refractivity contribution in [2.24, 2.45) is 5.41 Å². The van der Waals surface area contributed by atoms with Crippen molar-refractivity contribution in [2.45, 2.75) is 38.2 Å². The van der Waals surface area contributed by atoms with Gasteiger partial charge in [0.1, 0.15) is 17.5 Å². The summed E-state index contributed by atoms with van der Waals surface area (Å²) in [4.78, 5) is 21.3. The number of aliphatic hydroxyl groups is 1. The Morgan fingerprint density at radius 3 is 2.54 bits per heavy atom. The zero-order chi connectivity index (χ0) is 17.9. The van der Waals surface area contributed by atoms with Crippen LogP contribution in [0.25, 0.3) is 5.70 Å². The first-order chi connectivity index (χ1) is 12.6. The number of pyridine rings is 1. The lowest BCUT2D eigenvalue weighted by Crippen LogP contribution is -2.51. The topological polar surface area (TPSA) is 80.5 Å². The van der Waals surface area contributed by atoms with Crippen LogP contribution in [0.2, 0.25) is 0 Å². The molecule has 6 heteroatoms. The third-order valence-electron chi connectivity index (χ3n) is 6.49. The molecule has 26 heavy (non-hydrogen) atoms. The molecule has 0 bridgehead atoms. The molecule has 1 saturated carbocycles. The van der Waals surface area contributed by atoms with E-state index in [1.165, 1.54) is 12.8 Å². The standard InChI is InChI=1S/C20H22N4O2/c21-9-16-17(26)7-13-10-22-18(24-11-14(25)12-24)8-15(13)19(16)23-5-3-20(1-2-20)4-6-23/h8,10,14,25H,1-7,11-12H2. The second-order valence-corrected chi connectivity index (χ2v) is 8.18. The van der Waals surface area contributed by atoms with E-state index in [4.69, 9.17) is 0 Å². The summed E-state index contributed by atoms with van der Waals surface area (Å²) in [5.74, 6) is 0.712. The second-order valence-electron chi connectivity index (χ2n) is 8.18. The minimum Gasteiger partial charge on any atom is -0.389 e. The molecule has 2 saturated heterocycles. The van der Waals surface area contributed by atoms with E-state index in [2.05, 4.69) is 16.0 Å². The zero-order valence-electron chi connectivity index (χ0n) is 14.7. The third kappa shape index (κ3) is 2.42. The van der Waals surface area contributed by atoms with Crippen LogP contribution in [0.1, 0.15) is 36.8 Å². The zero-order valence-corrected chi connectivity index (χ0v) is 14.7. The molecular weight excluding hydrogens is 328 g/mol. The minimum absolute atomic E-state index is 0.101. The normalized spacial score (nSPS) is 24.4. The van der Waals surface area contributed by atoms with Crippen molar-refractivity contribution in [1.82, 2.24) is 9.88 Å². The molecular formula is C20H22N4O2. The monoisotopic (exact) mass is 350 g/mol. The maximum atomic E-state index is 12.5. The number of β-amino-alcohol motifs (C(OH)–C–C–N with tert-alkyl or cyclic N) is 1. The number of Topliss-reactive ketones (excluding diaryl/α,β-unsaturated/α-hetero) is 1. The van der Waals surface area contributed by atoms with E-state index in [1.54, 1.807) is 6.20 Å². The SMILES string of the molecule is N#CC1=C(N2CCC3(CC2)CC3)c2cc(N3CC(O)C3)ncc2CC1=O. The maximum absolute atomic E-state index is 12.5. The largest absolute Gasteiger partial charge is 0.389 e. The third-order valence-corrected chi connectivity index (χ3v) is 6.49. The molecule has 1 aromatic heterocycles. The molecule has 0 amide bonds. The molecule has 1 aromatic rings. The van der Waals surface area contributed by atoms with Gasteiger partial charge in [-0.2, -0.15) is 5.26 Å². The number of likely N-dealkylation sites (tertiary alicyclic amines) is 1. The lowest BCUT2D eigenvalue weighted by atomic mass is 9.86. The molecule has 2 aliphatic heterocycles. The summed E-state index contributed by atoms with van der Waals surface area (Å²) in [6.45, 7) is 2.99. The molecule has 0 atom stereocenters. The molecule has 3 fully saturated rings. The number of fused-ring (bicyclic) bond motifs is 1. The van der Waals surface area contributed by atoms with Crippen LogP contribution in [0.5, 0.6) is 0 Å². The van der Waals surface area contributed by atoms with Gasteiger partial charge in [-0.25, -0.2) is 4.98 Å². The fourth-order valence-corrected chi connectivity index (χ4v) is 4.50. The number of carbonyl (C=O) groups excluding carboxylic acids is 1. The number of allylic oxidation sites excluding steroid dienone is 1. The number of aromatic nitrogens is 1. The number of hydrogen-bond donors (Lipinski definition) is 1. The highest BCUT2D eigenvalue weighted by molar-refractivity contribution is 6.10. The summed E-state index contributed by atoms with van der Waals surface area (Å²) in [5, 5.41) is 19.2. The Morgan fingerprint density at radius 2 is 1.92 bits per heavy atom.